The fourth-order valence-corrected chi connectivity index (χ4v) is 3.25. The van der Waals surface area contributed by atoms with Crippen LogP contribution in [0.15, 0.2) is 0 Å². The fraction of sp³-hybridized carbons (Fsp3) is 0.722. The standard InChI is InChI=1S/C18H31N3O2S/c1-6-7-8-9-10-11-17(23)21(13(2)3)12-16(22)20-18-19-14(4)15(5)24-18/h13H,6-12H2,1-5H3,(H,19,20,22). The van der Waals surface area contributed by atoms with E-state index in [0.29, 0.717) is 11.6 Å². The molecular weight excluding hydrogens is 322 g/mol. The third-order valence-electron chi connectivity index (χ3n) is 4.03. The van der Waals surface area contributed by atoms with Crippen LogP contribution in [0, 0.1) is 13.8 Å². The summed E-state index contributed by atoms with van der Waals surface area (Å²) in [6.07, 6.45) is 6.09. The highest BCUT2D eigenvalue weighted by Crippen LogP contribution is 2.21. The van der Waals surface area contributed by atoms with Crippen LogP contribution in [0.5, 0.6) is 0 Å². The molecule has 0 aliphatic heterocycles. The number of amides is 2. The Morgan fingerprint density at radius 1 is 1.17 bits per heavy atom. The van der Waals surface area contributed by atoms with Crippen molar-refractivity contribution in [2.45, 2.75) is 79.2 Å². The average Bonchev–Trinajstić information content (AvgIpc) is 2.82. The zero-order valence-electron chi connectivity index (χ0n) is 15.6. The van der Waals surface area contributed by atoms with E-state index in [0.717, 1.165) is 23.4 Å². The van der Waals surface area contributed by atoms with Crippen LogP contribution >= 0.6 is 11.3 Å². The van der Waals surface area contributed by atoms with Crippen molar-refractivity contribution in [1.29, 1.82) is 0 Å². The number of carbonyl (C=O) groups is 2. The molecule has 1 rings (SSSR count). The molecule has 0 aromatic carbocycles. The monoisotopic (exact) mass is 353 g/mol. The molecule has 0 unspecified atom stereocenters. The minimum atomic E-state index is -0.184. The average molecular weight is 354 g/mol. The smallest absolute Gasteiger partial charge is 0.245 e. The highest BCUT2D eigenvalue weighted by Gasteiger charge is 2.20. The highest BCUT2D eigenvalue weighted by atomic mass is 32.1. The van der Waals surface area contributed by atoms with Crippen molar-refractivity contribution < 1.29 is 9.59 Å². The Morgan fingerprint density at radius 2 is 1.83 bits per heavy atom. The van der Waals surface area contributed by atoms with Gasteiger partial charge in [-0.3, -0.25) is 9.59 Å². The molecule has 1 N–H and O–H groups in total. The number of nitrogens with one attached hydrogen (secondary N) is 1. The van der Waals surface area contributed by atoms with Crippen molar-refractivity contribution in [2.75, 3.05) is 11.9 Å². The minimum absolute atomic E-state index is 0.0126. The molecule has 24 heavy (non-hydrogen) atoms. The summed E-state index contributed by atoms with van der Waals surface area (Å²) in [7, 11) is 0. The lowest BCUT2D eigenvalue weighted by molar-refractivity contribution is -0.136. The molecule has 0 bridgehead atoms. The maximum absolute atomic E-state index is 12.4. The van der Waals surface area contributed by atoms with E-state index in [4.69, 9.17) is 0 Å². The summed E-state index contributed by atoms with van der Waals surface area (Å²) in [5.41, 5.74) is 0.930. The lowest BCUT2D eigenvalue weighted by Crippen LogP contribution is -2.42. The molecule has 0 aliphatic rings. The number of nitrogens with zero attached hydrogens (tertiary/aromatic N) is 2. The number of carbonyl (C=O) groups excluding carboxylic acids is 2. The summed E-state index contributed by atoms with van der Waals surface area (Å²) in [6.45, 7) is 10.0. The van der Waals surface area contributed by atoms with Gasteiger partial charge in [0.05, 0.1) is 5.69 Å². The van der Waals surface area contributed by atoms with E-state index in [-0.39, 0.29) is 24.4 Å². The Hall–Kier alpha value is -1.43. The Kier molecular flexibility index (Phi) is 8.97. The molecule has 0 saturated carbocycles. The predicted octanol–water partition coefficient (Wildman–Crippen LogP) is 4.30. The number of unbranched alkanes of at least 4 members (excludes halogenated alkanes) is 4. The molecule has 0 atom stereocenters. The summed E-state index contributed by atoms with van der Waals surface area (Å²) in [6, 6.07) is 0.0126. The van der Waals surface area contributed by atoms with Gasteiger partial charge in [-0.2, -0.15) is 0 Å². The first-order valence-corrected chi connectivity index (χ1v) is 9.70. The zero-order chi connectivity index (χ0) is 18.1. The van der Waals surface area contributed by atoms with E-state index in [2.05, 4.69) is 17.2 Å². The maximum atomic E-state index is 12.4. The minimum Gasteiger partial charge on any atom is -0.331 e. The van der Waals surface area contributed by atoms with Crippen molar-refractivity contribution in [3.8, 4) is 0 Å². The summed E-state index contributed by atoms with van der Waals surface area (Å²) in [5, 5.41) is 3.40. The van der Waals surface area contributed by atoms with Gasteiger partial charge >= 0.3 is 0 Å². The van der Waals surface area contributed by atoms with E-state index in [9.17, 15) is 9.59 Å². The molecule has 0 spiro atoms. The number of aromatic nitrogens is 1. The van der Waals surface area contributed by atoms with Crippen LogP contribution in [-0.4, -0.2) is 34.3 Å². The number of thiazole rings is 1. The lowest BCUT2D eigenvalue weighted by Gasteiger charge is -2.26. The van der Waals surface area contributed by atoms with Gasteiger partial charge in [-0.15, -0.1) is 11.3 Å². The quantitative estimate of drug-likeness (QED) is 0.638. The van der Waals surface area contributed by atoms with Gasteiger partial charge in [0.15, 0.2) is 5.13 Å². The van der Waals surface area contributed by atoms with Gasteiger partial charge in [0, 0.05) is 17.3 Å². The predicted molar refractivity (Wildman–Crippen MR) is 100 cm³/mol. The van der Waals surface area contributed by atoms with Gasteiger partial charge < -0.3 is 10.2 Å². The molecule has 0 fully saturated rings. The Labute approximate surface area is 149 Å². The molecule has 5 nitrogen and oxygen atoms in total. The molecule has 0 radical (unpaired) electrons. The molecule has 0 aliphatic carbocycles. The lowest BCUT2D eigenvalue weighted by atomic mass is 10.1. The molecule has 1 aromatic rings. The molecule has 6 heteroatoms. The summed E-state index contributed by atoms with van der Waals surface area (Å²) < 4.78 is 0. The molecular formula is C18H31N3O2S. The van der Waals surface area contributed by atoms with Crippen molar-refractivity contribution in [3.05, 3.63) is 10.6 Å². The van der Waals surface area contributed by atoms with E-state index < -0.39 is 0 Å². The fourth-order valence-electron chi connectivity index (χ4n) is 2.42. The Bertz CT molecular complexity index is 521. The number of rotatable bonds is 10. The first kappa shape index (κ1) is 20.6. The summed E-state index contributed by atoms with van der Waals surface area (Å²) >= 11 is 1.46. The van der Waals surface area contributed by atoms with Crippen LogP contribution in [0.3, 0.4) is 0 Å². The number of aryl methyl sites for hydroxylation is 2. The van der Waals surface area contributed by atoms with Crippen LogP contribution in [0.2, 0.25) is 0 Å². The third kappa shape index (κ3) is 6.99. The van der Waals surface area contributed by atoms with Crippen molar-refractivity contribution in [3.63, 3.8) is 0 Å². The van der Waals surface area contributed by atoms with Gasteiger partial charge in [0.25, 0.3) is 0 Å². The van der Waals surface area contributed by atoms with Crippen LogP contribution in [0.4, 0.5) is 5.13 Å². The van der Waals surface area contributed by atoms with E-state index in [1.807, 2.05) is 27.7 Å². The van der Waals surface area contributed by atoms with Gasteiger partial charge in [-0.05, 0) is 34.1 Å². The largest absolute Gasteiger partial charge is 0.331 e. The van der Waals surface area contributed by atoms with Crippen LogP contribution in [0.1, 0.15) is 69.9 Å². The Morgan fingerprint density at radius 3 is 2.38 bits per heavy atom. The second-order valence-corrected chi connectivity index (χ2v) is 7.69. The molecule has 1 aromatic heterocycles. The SMILES string of the molecule is CCCCCCCC(=O)N(CC(=O)Nc1nc(C)c(C)s1)C(C)C. The van der Waals surface area contributed by atoms with Crippen LogP contribution in [0.25, 0.3) is 0 Å². The second kappa shape index (κ2) is 10.4. The first-order chi connectivity index (χ1) is 11.3. The zero-order valence-corrected chi connectivity index (χ0v) is 16.5. The molecule has 136 valence electrons. The van der Waals surface area contributed by atoms with E-state index in [1.165, 1.54) is 30.6 Å². The van der Waals surface area contributed by atoms with Crippen molar-refractivity contribution in [1.82, 2.24) is 9.88 Å². The first-order valence-electron chi connectivity index (χ1n) is 8.88. The van der Waals surface area contributed by atoms with Crippen LogP contribution < -0.4 is 5.32 Å². The normalized spacial score (nSPS) is 10.9. The third-order valence-corrected chi connectivity index (χ3v) is 5.02. The molecule has 2 amide bonds. The van der Waals surface area contributed by atoms with Crippen molar-refractivity contribution >= 4 is 28.3 Å². The number of anilines is 1. The number of hydrogen-bond acceptors (Lipinski definition) is 4. The summed E-state index contributed by atoms with van der Waals surface area (Å²) in [5.74, 6) is -0.125. The molecule has 0 saturated heterocycles. The number of hydrogen-bond donors (Lipinski definition) is 1. The maximum Gasteiger partial charge on any atom is 0.245 e. The van der Waals surface area contributed by atoms with E-state index >= 15 is 0 Å². The van der Waals surface area contributed by atoms with Gasteiger partial charge in [0.2, 0.25) is 11.8 Å². The van der Waals surface area contributed by atoms with Gasteiger partial charge in [0.1, 0.15) is 6.54 Å². The van der Waals surface area contributed by atoms with E-state index in [1.54, 1.807) is 4.90 Å². The van der Waals surface area contributed by atoms with Crippen molar-refractivity contribution in [2.24, 2.45) is 0 Å². The summed E-state index contributed by atoms with van der Waals surface area (Å²) in [4.78, 5) is 31.7. The topological polar surface area (TPSA) is 62.3 Å². The van der Waals surface area contributed by atoms with Crippen LogP contribution in [-0.2, 0) is 9.59 Å². The second-order valence-electron chi connectivity index (χ2n) is 6.49. The van der Waals surface area contributed by atoms with Gasteiger partial charge in [-0.25, -0.2) is 4.98 Å². The highest BCUT2D eigenvalue weighted by molar-refractivity contribution is 7.15. The molecule has 1 heterocycles. The Balaban J connectivity index is 2.49. The van der Waals surface area contributed by atoms with Gasteiger partial charge in [-0.1, -0.05) is 32.6 Å².